The van der Waals surface area contributed by atoms with E-state index < -0.39 is 24.3 Å². The molecule has 0 aliphatic heterocycles. The molecule has 2 heterocycles. The summed E-state index contributed by atoms with van der Waals surface area (Å²) in [7, 11) is 0. The molecule has 0 aromatic carbocycles. The third kappa shape index (κ3) is 3.40. The number of H-pyrrole nitrogens is 1. The molecule has 0 amide bonds. The van der Waals surface area contributed by atoms with E-state index in [0.717, 1.165) is 0 Å². The Kier molecular flexibility index (Phi) is 5.23. The van der Waals surface area contributed by atoms with Crippen LogP contribution < -0.4 is 0 Å². The lowest BCUT2D eigenvalue weighted by Crippen LogP contribution is -2.18. The van der Waals surface area contributed by atoms with Crippen LogP contribution in [0.2, 0.25) is 0 Å². The van der Waals surface area contributed by atoms with Crippen molar-refractivity contribution in [3.8, 4) is 0 Å². The average molecular weight is 333 g/mol. The highest BCUT2D eigenvalue weighted by Crippen LogP contribution is 2.20. The molecule has 2 aromatic heterocycles. The molecule has 0 saturated carbocycles. The Bertz CT molecular complexity index is 783. The molecule has 0 fully saturated rings. The second-order valence-electron chi connectivity index (χ2n) is 5.28. The highest BCUT2D eigenvalue weighted by molar-refractivity contribution is 6.09. The average Bonchev–Trinajstić information content (AvgIpc) is 3.07. The van der Waals surface area contributed by atoms with Gasteiger partial charge in [0.25, 0.3) is 0 Å². The van der Waals surface area contributed by atoms with Gasteiger partial charge in [-0.2, -0.15) is 0 Å². The molecule has 0 spiro atoms. The van der Waals surface area contributed by atoms with Crippen LogP contribution in [-0.4, -0.2) is 35.9 Å². The van der Waals surface area contributed by atoms with E-state index >= 15 is 0 Å². The topological polar surface area (TPSA) is 98.6 Å². The first kappa shape index (κ1) is 17.5. The molecule has 0 unspecified atom stereocenters. The number of hydrogen-bond acceptors (Lipinski definition) is 6. The highest BCUT2D eigenvalue weighted by atomic mass is 16.5. The monoisotopic (exact) mass is 333 g/mol. The van der Waals surface area contributed by atoms with Gasteiger partial charge in [0.15, 0.2) is 6.61 Å². The third-order valence-corrected chi connectivity index (χ3v) is 3.52. The fourth-order valence-corrected chi connectivity index (χ4v) is 2.44. The molecule has 2 rings (SSSR count). The van der Waals surface area contributed by atoms with E-state index in [-0.39, 0.29) is 23.5 Å². The maximum atomic E-state index is 12.4. The van der Waals surface area contributed by atoms with Gasteiger partial charge in [0, 0.05) is 17.0 Å². The molecular formula is C17H19NO6. The molecular weight excluding hydrogens is 314 g/mol. The van der Waals surface area contributed by atoms with E-state index in [1.54, 1.807) is 33.8 Å². The first-order valence-corrected chi connectivity index (χ1v) is 7.47. The SMILES string of the molecule is CCOC(=O)c1c(C)[nH]c(C)c1C(=O)COC(=O)c1occc1C. The summed E-state index contributed by atoms with van der Waals surface area (Å²) >= 11 is 0. The summed E-state index contributed by atoms with van der Waals surface area (Å²) in [6.45, 7) is 6.42. The van der Waals surface area contributed by atoms with Crippen molar-refractivity contribution >= 4 is 17.7 Å². The number of ether oxygens (including phenoxy) is 2. The predicted octanol–water partition coefficient (Wildman–Crippen LogP) is 2.75. The zero-order valence-corrected chi connectivity index (χ0v) is 14.0. The minimum atomic E-state index is -0.728. The quantitative estimate of drug-likeness (QED) is 0.644. The zero-order valence-electron chi connectivity index (χ0n) is 14.0. The number of aromatic amines is 1. The fraction of sp³-hybridized carbons (Fsp3) is 0.353. The third-order valence-electron chi connectivity index (χ3n) is 3.52. The molecule has 7 nitrogen and oxygen atoms in total. The number of ketones is 1. The summed E-state index contributed by atoms with van der Waals surface area (Å²) < 4.78 is 15.0. The van der Waals surface area contributed by atoms with Crippen LogP contribution in [0.3, 0.4) is 0 Å². The van der Waals surface area contributed by atoms with Crippen LogP contribution in [0, 0.1) is 20.8 Å². The Labute approximate surface area is 138 Å². The molecule has 0 radical (unpaired) electrons. The molecule has 7 heteroatoms. The van der Waals surface area contributed by atoms with E-state index in [1.165, 1.54) is 6.26 Å². The number of nitrogens with one attached hydrogen (secondary N) is 1. The van der Waals surface area contributed by atoms with Crippen LogP contribution in [-0.2, 0) is 9.47 Å². The van der Waals surface area contributed by atoms with Gasteiger partial charge in [0.2, 0.25) is 11.5 Å². The number of aryl methyl sites for hydroxylation is 3. The molecule has 128 valence electrons. The molecule has 0 aliphatic rings. The summed E-state index contributed by atoms with van der Waals surface area (Å²) in [4.78, 5) is 39.3. The van der Waals surface area contributed by atoms with Gasteiger partial charge in [-0.25, -0.2) is 9.59 Å². The Morgan fingerprint density at radius 3 is 2.29 bits per heavy atom. The Balaban J connectivity index is 2.17. The van der Waals surface area contributed by atoms with Crippen LogP contribution in [0.25, 0.3) is 0 Å². The van der Waals surface area contributed by atoms with E-state index in [4.69, 9.17) is 13.9 Å². The largest absolute Gasteiger partial charge is 0.462 e. The highest BCUT2D eigenvalue weighted by Gasteiger charge is 2.26. The number of carbonyl (C=O) groups is 3. The lowest BCUT2D eigenvalue weighted by atomic mass is 10.1. The van der Waals surface area contributed by atoms with Crippen molar-refractivity contribution in [1.29, 1.82) is 0 Å². The van der Waals surface area contributed by atoms with Crippen LogP contribution in [0.5, 0.6) is 0 Å². The minimum Gasteiger partial charge on any atom is -0.462 e. The number of Topliss-reactive ketones (excluding diaryl/α,β-unsaturated/α-hetero) is 1. The molecule has 0 bridgehead atoms. The maximum Gasteiger partial charge on any atom is 0.374 e. The minimum absolute atomic E-state index is 0.0513. The van der Waals surface area contributed by atoms with Gasteiger partial charge in [0.1, 0.15) is 0 Å². The van der Waals surface area contributed by atoms with Gasteiger partial charge in [-0.15, -0.1) is 0 Å². The van der Waals surface area contributed by atoms with Crippen molar-refractivity contribution in [3.05, 3.63) is 46.2 Å². The normalized spacial score (nSPS) is 10.5. The van der Waals surface area contributed by atoms with Crippen LogP contribution in [0.1, 0.15) is 55.1 Å². The summed E-state index contributed by atoms with van der Waals surface area (Å²) in [5.74, 6) is -1.75. The van der Waals surface area contributed by atoms with Crippen molar-refractivity contribution < 1.29 is 28.3 Å². The number of rotatable bonds is 6. The van der Waals surface area contributed by atoms with Crippen LogP contribution in [0.4, 0.5) is 0 Å². The van der Waals surface area contributed by atoms with Gasteiger partial charge in [-0.3, -0.25) is 4.79 Å². The Morgan fingerprint density at radius 1 is 1.04 bits per heavy atom. The van der Waals surface area contributed by atoms with Crippen molar-refractivity contribution in [3.63, 3.8) is 0 Å². The standard InChI is InChI=1S/C17H19NO6/c1-5-22-16(20)14-11(4)18-10(3)13(14)12(19)8-24-17(21)15-9(2)6-7-23-15/h6-7,18H,5,8H2,1-4H3. The number of hydrogen-bond donors (Lipinski definition) is 1. The number of esters is 2. The van der Waals surface area contributed by atoms with Crippen molar-refractivity contribution in [2.75, 3.05) is 13.2 Å². The number of carbonyl (C=O) groups excluding carboxylic acids is 3. The molecule has 0 atom stereocenters. The summed E-state index contributed by atoms with van der Waals surface area (Å²) in [5, 5.41) is 0. The van der Waals surface area contributed by atoms with Crippen LogP contribution in [0.15, 0.2) is 16.7 Å². The maximum absolute atomic E-state index is 12.4. The van der Waals surface area contributed by atoms with Gasteiger partial charge in [0.05, 0.1) is 24.0 Å². The number of aromatic nitrogens is 1. The van der Waals surface area contributed by atoms with E-state index in [2.05, 4.69) is 4.98 Å². The smallest absolute Gasteiger partial charge is 0.374 e. The summed E-state index contributed by atoms with van der Waals surface area (Å²) in [5.41, 5.74) is 2.01. The zero-order chi connectivity index (χ0) is 17.9. The molecule has 24 heavy (non-hydrogen) atoms. The lowest BCUT2D eigenvalue weighted by molar-refractivity contribution is 0.0441. The van der Waals surface area contributed by atoms with Crippen molar-refractivity contribution in [2.24, 2.45) is 0 Å². The molecule has 2 aromatic rings. The van der Waals surface area contributed by atoms with Gasteiger partial charge >= 0.3 is 11.9 Å². The van der Waals surface area contributed by atoms with E-state index in [1.807, 2.05) is 0 Å². The van der Waals surface area contributed by atoms with Crippen molar-refractivity contribution in [2.45, 2.75) is 27.7 Å². The summed E-state index contributed by atoms with van der Waals surface area (Å²) in [6.07, 6.45) is 1.37. The lowest BCUT2D eigenvalue weighted by Gasteiger charge is -2.06. The second kappa shape index (κ2) is 7.16. The van der Waals surface area contributed by atoms with Gasteiger partial charge < -0.3 is 18.9 Å². The molecule has 0 aliphatic carbocycles. The Hall–Kier alpha value is -2.83. The van der Waals surface area contributed by atoms with Crippen molar-refractivity contribution in [1.82, 2.24) is 4.98 Å². The first-order valence-electron chi connectivity index (χ1n) is 7.47. The van der Waals surface area contributed by atoms with Crippen LogP contribution >= 0.6 is 0 Å². The number of furan rings is 1. The van der Waals surface area contributed by atoms with E-state index in [0.29, 0.717) is 17.0 Å². The predicted molar refractivity (Wildman–Crippen MR) is 84.3 cm³/mol. The molecule has 0 saturated heterocycles. The van der Waals surface area contributed by atoms with E-state index in [9.17, 15) is 14.4 Å². The first-order chi connectivity index (χ1) is 11.4. The fourth-order valence-electron chi connectivity index (χ4n) is 2.44. The van der Waals surface area contributed by atoms with Gasteiger partial charge in [-0.1, -0.05) is 0 Å². The Morgan fingerprint density at radius 2 is 1.71 bits per heavy atom. The second-order valence-corrected chi connectivity index (χ2v) is 5.28. The summed E-state index contributed by atoms with van der Waals surface area (Å²) in [6, 6.07) is 1.62. The molecule has 1 N–H and O–H groups in total. The van der Waals surface area contributed by atoms with Gasteiger partial charge in [-0.05, 0) is 33.8 Å².